The lowest BCUT2D eigenvalue weighted by atomic mass is 10.2. The summed E-state index contributed by atoms with van der Waals surface area (Å²) < 4.78 is 10.8. The zero-order valence-corrected chi connectivity index (χ0v) is 13.2. The summed E-state index contributed by atoms with van der Waals surface area (Å²) in [6.45, 7) is 2.77. The number of halogens is 2. The smallest absolute Gasteiger partial charge is 0.139 e. The number of ether oxygens (including phenoxy) is 2. The molecule has 1 atom stereocenters. The second kappa shape index (κ2) is 8.61. The van der Waals surface area contributed by atoms with Crippen molar-refractivity contribution in [2.24, 2.45) is 0 Å². The van der Waals surface area contributed by atoms with Crippen LogP contribution in [0.15, 0.2) is 29.8 Å². The van der Waals surface area contributed by atoms with Crippen molar-refractivity contribution in [1.82, 2.24) is 5.32 Å². The summed E-state index contributed by atoms with van der Waals surface area (Å²) in [6.07, 6.45) is 2.51. The largest absolute Gasteiger partial charge is 0.489 e. The van der Waals surface area contributed by atoms with Crippen molar-refractivity contribution in [3.8, 4) is 5.75 Å². The fourth-order valence-corrected chi connectivity index (χ4v) is 2.32. The molecule has 21 heavy (non-hydrogen) atoms. The molecule has 0 aliphatic carbocycles. The van der Waals surface area contributed by atoms with Gasteiger partial charge in [0.15, 0.2) is 0 Å². The first-order chi connectivity index (χ1) is 10.2. The molecule has 0 spiro atoms. The van der Waals surface area contributed by atoms with E-state index in [1.165, 1.54) is 5.57 Å². The van der Waals surface area contributed by atoms with E-state index in [9.17, 15) is 5.11 Å². The van der Waals surface area contributed by atoms with E-state index in [-0.39, 0.29) is 6.61 Å². The highest BCUT2D eigenvalue weighted by Crippen LogP contribution is 2.31. The summed E-state index contributed by atoms with van der Waals surface area (Å²) in [5.74, 6) is 0.478. The Hall–Kier alpha value is -0.780. The fourth-order valence-electron chi connectivity index (χ4n) is 1.97. The summed E-state index contributed by atoms with van der Waals surface area (Å²) in [5, 5.41) is 13.9. The summed E-state index contributed by atoms with van der Waals surface area (Å²) in [5.41, 5.74) is 1.22. The molecule has 1 aliphatic rings. The third-order valence-corrected chi connectivity index (χ3v) is 3.86. The second-order valence-electron chi connectivity index (χ2n) is 4.85. The van der Waals surface area contributed by atoms with Gasteiger partial charge in [-0.25, -0.2) is 0 Å². The first kappa shape index (κ1) is 16.6. The quantitative estimate of drug-likeness (QED) is 0.754. The maximum atomic E-state index is 9.89. The van der Waals surface area contributed by atoms with Gasteiger partial charge < -0.3 is 19.9 Å². The number of hydrogen-bond acceptors (Lipinski definition) is 4. The molecule has 4 nitrogen and oxygen atoms in total. The lowest BCUT2D eigenvalue weighted by molar-refractivity contribution is 0.106. The molecule has 1 aromatic rings. The van der Waals surface area contributed by atoms with Crippen LogP contribution in [0.3, 0.4) is 0 Å². The van der Waals surface area contributed by atoms with Crippen LogP contribution >= 0.6 is 23.2 Å². The van der Waals surface area contributed by atoms with E-state index in [1.54, 1.807) is 18.2 Å². The van der Waals surface area contributed by atoms with Crippen LogP contribution in [0, 0.1) is 0 Å². The van der Waals surface area contributed by atoms with Gasteiger partial charge in [0, 0.05) is 13.1 Å². The Bertz CT molecular complexity index is 494. The van der Waals surface area contributed by atoms with Crippen molar-refractivity contribution in [2.75, 3.05) is 32.9 Å². The van der Waals surface area contributed by atoms with E-state index < -0.39 is 6.10 Å². The Balaban J connectivity index is 1.68. The highest BCUT2D eigenvalue weighted by atomic mass is 35.5. The van der Waals surface area contributed by atoms with Gasteiger partial charge in [-0.1, -0.05) is 35.3 Å². The van der Waals surface area contributed by atoms with Crippen LogP contribution in [-0.2, 0) is 4.74 Å². The summed E-state index contributed by atoms with van der Waals surface area (Å²) in [4.78, 5) is 0. The van der Waals surface area contributed by atoms with Crippen LogP contribution in [0.5, 0.6) is 5.75 Å². The van der Waals surface area contributed by atoms with E-state index in [4.69, 9.17) is 32.7 Å². The van der Waals surface area contributed by atoms with Gasteiger partial charge in [-0.3, -0.25) is 0 Å². The Morgan fingerprint density at radius 1 is 1.38 bits per heavy atom. The van der Waals surface area contributed by atoms with Gasteiger partial charge in [0.25, 0.3) is 0 Å². The molecule has 0 fully saturated rings. The molecule has 1 aromatic carbocycles. The predicted octanol–water partition coefficient (Wildman–Crippen LogP) is 2.67. The topological polar surface area (TPSA) is 50.7 Å². The molecule has 1 aliphatic heterocycles. The number of nitrogens with one attached hydrogen (secondary N) is 1. The minimum atomic E-state index is -0.620. The van der Waals surface area contributed by atoms with Gasteiger partial charge in [-0.05, 0) is 24.1 Å². The van der Waals surface area contributed by atoms with E-state index in [2.05, 4.69) is 11.4 Å². The van der Waals surface area contributed by atoms with Crippen LogP contribution < -0.4 is 10.1 Å². The molecule has 0 bridgehead atoms. The van der Waals surface area contributed by atoms with Crippen LogP contribution in [0.2, 0.25) is 10.0 Å². The summed E-state index contributed by atoms with van der Waals surface area (Å²) in [6, 6.07) is 5.16. The first-order valence-corrected chi connectivity index (χ1v) is 7.63. The van der Waals surface area contributed by atoms with Crippen molar-refractivity contribution in [3.63, 3.8) is 0 Å². The lowest BCUT2D eigenvalue weighted by Gasteiger charge is -2.17. The molecule has 0 saturated carbocycles. The van der Waals surface area contributed by atoms with E-state index in [0.717, 1.165) is 19.6 Å². The van der Waals surface area contributed by atoms with Gasteiger partial charge >= 0.3 is 0 Å². The molecule has 1 unspecified atom stereocenters. The molecular formula is C15H19Cl2NO3. The van der Waals surface area contributed by atoms with Crippen molar-refractivity contribution >= 4 is 23.2 Å². The lowest BCUT2D eigenvalue weighted by Crippen LogP contribution is -2.33. The molecule has 0 saturated heterocycles. The molecule has 0 aromatic heterocycles. The molecule has 2 rings (SSSR count). The third-order valence-electron chi connectivity index (χ3n) is 3.06. The highest BCUT2D eigenvalue weighted by molar-refractivity contribution is 6.42. The van der Waals surface area contributed by atoms with Gasteiger partial charge in [-0.15, -0.1) is 0 Å². The fraction of sp³-hybridized carbons (Fsp3) is 0.467. The predicted molar refractivity (Wildman–Crippen MR) is 84.4 cm³/mol. The SMILES string of the molecule is OC(CNCC1=CCCOC1)COc1cccc(Cl)c1Cl. The number of aliphatic hydroxyl groups is 1. The summed E-state index contributed by atoms with van der Waals surface area (Å²) in [7, 11) is 0. The Kier molecular flexibility index (Phi) is 6.80. The monoisotopic (exact) mass is 331 g/mol. The van der Waals surface area contributed by atoms with Crippen molar-refractivity contribution < 1.29 is 14.6 Å². The number of rotatable bonds is 7. The third kappa shape index (κ3) is 5.49. The zero-order valence-electron chi connectivity index (χ0n) is 11.6. The van der Waals surface area contributed by atoms with Crippen LogP contribution in [-0.4, -0.2) is 44.1 Å². The van der Waals surface area contributed by atoms with E-state index >= 15 is 0 Å². The number of aliphatic hydroxyl groups excluding tert-OH is 1. The maximum Gasteiger partial charge on any atom is 0.139 e. The normalized spacial score (nSPS) is 16.4. The van der Waals surface area contributed by atoms with Crippen LogP contribution in [0.1, 0.15) is 6.42 Å². The molecule has 2 N–H and O–H groups in total. The first-order valence-electron chi connectivity index (χ1n) is 6.88. The number of hydrogen-bond donors (Lipinski definition) is 2. The second-order valence-corrected chi connectivity index (χ2v) is 5.64. The van der Waals surface area contributed by atoms with Crippen LogP contribution in [0.25, 0.3) is 0 Å². The van der Waals surface area contributed by atoms with Gasteiger partial charge in [0.2, 0.25) is 0 Å². The van der Waals surface area contributed by atoms with E-state index in [1.807, 2.05) is 0 Å². The minimum absolute atomic E-state index is 0.155. The molecular weight excluding hydrogens is 313 g/mol. The Morgan fingerprint density at radius 3 is 3.00 bits per heavy atom. The molecule has 0 radical (unpaired) electrons. The average molecular weight is 332 g/mol. The molecule has 1 heterocycles. The standard InChI is InChI=1S/C15H19Cl2NO3/c16-13-4-1-5-14(15(13)17)21-10-12(19)8-18-7-11-3-2-6-20-9-11/h1,3-5,12,18-19H,2,6-10H2. The molecule has 116 valence electrons. The maximum absolute atomic E-state index is 9.89. The van der Waals surface area contributed by atoms with Gasteiger partial charge in [0.1, 0.15) is 23.5 Å². The van der Waals surface area contributed by atoms with Gasteiger partial charge in [-0.2, -0.15) is 0 Å². The number of benzene rings is 1. The minimum Gasteiger partial charge on any atom is -0.489 e. The van der Waals surface area contributed by atoms with Gasteiger partial charge in [0.05, 0.1) is 18.2 Å². The van der Waals surface area contributed by atoms with Crippen LogP contribution in [0.4, 0.5) is 0 Å². The van der Waals surface area contributed by atoms with E-state index in [0.29, 0.717) is 28.9 Å². The molecule has 6 heteroatoms. The highest BCUT2D eigenvalue weighted by Gasteiger charge is 2.10. The molecule has 0 amide bonds. The van der Waals surface area contributed by atoms with Crippen molar-refractivity contribution in [3.05, 3.63) is 39.9 Å². The van der Waals surface area contributed by atoms with Crippen molar-refractivity contribution in [2.45, 2.75) is 12.5 Å². The zero-order chi connectivity index (χ0) is 15.1. The van der Waals surface area contributed by atoms with Crippen molar-refractivity contribution in [1.29, 1.82) is 0 Å². The Labute approximate surface area is 134 Å². The average Bonchev–Trinajstić information content (AvgIpc) is 2.50. The summed E-state index contributed by atoms with van der Waals surface area (Å²) >= 11 is 11.9. The Morgan fingerprint density at radius 2 is 2.24 bits per heavy atom.